The number of aryl methyl sites for hydroxylation is 1. The fourth-order valence-corrected chi connectivity index (χ4v) is 4.00. The molecule has 26 heavy (non-hydrogen) atoms. The Morgan fingerprint density at radius 3 is 3.00 bits per heavy atom. The van der Waals surface area contributed by atoms with Crippen molar-refractivity contribution in [1.82, 2.24) is 19.5 Å². The zero-order chi connectivity index (χ0) is 18.7. The van der Waals surface area contributed by atoms with Gasteiger partial charge < -0.3 is 14.3 Å². The molecule has 6 nitrogen and oxygen atoms in total. The summed E-state index contributed by atoms with van der Waals surface area (Å²) in [5.41, 5.74) is 2.73. The molecule has 0 aliphatic rings. The summed E-state index contributed by atoms with van der Waals surface area (Å²) in [6.45, 7) is 6.75. The molecule has 0 bridgehead atoms. The molecule has 2 heterocycles. The van der Waals surface area contributed by atoms with Gasteiger partial charge in [-0.1, -0.05) is 21.5 Å². The second-order valence-corrected chi connectivity index (χ2v) is 7.93. The number of methoxy groups -OCH3 is 1. The van der Waals surface area contributed by atoms with Gasteiger partial charge in [0.1, 0.15) is 11.3 Å². The van der Waals surface area contributed by atoms with E-state index >= 15 is 0 Å². The van der Waals surface area contributed by atoms with Gasteiger partial charge >= 0.3 is 0 Å². The van der Waals surface area contributed by atoms with E-state index < -0.39 is 0 Å². The van der Waals surface area contributed by atoms with Gasteiger partial charge in [-0.05, 0) is 49.7 Å². The zero-order valence-electron chi connectivity index (χ0n) is 14.7. The van der Waals surface area contributed by atoms with E-state index in [4.69, 9.17) is 10.1 Å². The molecule has 3 rings (SSSR count). The average Bonchev–Trinajstić information content (AvgIpc) is 3.02. The number of benzene rings is 1. The number of allylic oxidation sites excluding steroid dienone is 1. The number of fused-ring (bicyclic) bond motifs is 1. The van der Waals surface area contributed by atoms with Crippen molar-refractivity contribution in [3.05, 3.63) is 46.6 Å². The lowest BCUT2D eigenvalue weighted by atomic mass is 10.2. The lowest BCUT2D eigenvalue weighted by molar-refractivity contribution is 0.404. The van der Waals surface area contributed by atoms with Crippen LogP contribution in [-0.2, 0) is 6.54 Å². The molecule has 0 aliphatic carbocycles. The van der Waals surface area contributed by atoms with Gasteiger partial charge in [-0.15, -0.1) is 6.58 Å². The first-order chi connectivity index (χ1) is 12.5. The Bertz CT molecular complexity index is 1010. The molecule has 0 saturated carbocycles. The molecule has 0 spiro atoms. The monoisotopic (exact) mass is 433 g/mol. The van der Waals surface area contributed by atoms with Crippen molar-refractivity contribution < 1.29 is 4.74 Å². The Labute approximate surface area is 164 Å². The van der Waals surface area contributed by atoms with Crippen molar-refractivity contribution in [1.29, 1.82) is 5.41 Å². The molecule has 0 atom stereocenters. The molecule has 0 radical (unpaired) electrons. The average molecular weight is 434 g/mol. The molecule has 0 amide bonds. The minimum absolute atomic E-state index is 0.191. The number of nitrogens with zero attached hydrogens (tertiary/aromatic N) is 3. The van der Waals surface area contributed by atoms with E-state index in [0.29, 0.717) is 10.7 Å². The van der Waals surface area contributed by atoms with Crippen molar-refractivity contribution >= 4 is 38.9 Å². The van der Waals surface area contributed by atoms with Crippen LogP contribution >= 0.6 is 27.7 Å². The third-order valence-electron chi connectivity index (χ3n) is 3.83. The maximum Gasteiger partial charge on any atom is 0.173 e. The van der Waals surface area contributed by atoms with Gasteiger partial charge in [-0.2, -0.15) is 0 Å². The van der Waals surface area contributed by atoms with Crippen molar-refractivity contribution in [2.45, 2.75) is 36.4 Å². The number of aromatic nitrogens is 4. The van der Waals surface area contributed by atoms with Gasteiger partial charge in [0.15, 0.2) is 16.3 Å². The molecule has 0 aliphatic heterocycles. The lowest BCUT2D eigenvalue weighted by Gasteiger charge is -2.07. The predicted molar refractivity (Wildman–Crippen MR) is 107 cm³/mol. The summed E-state index contributed by atoms with van der Waals surface area (Å²) in [6.07, 6.45) is 3.60. The Kier molecular flexibility index (Phi) is 5.83. The first-order valence-corrected chi connectivity index (χ1v) is 9.74. The summed E-state index contributed by atoms with van der Waals surface area (Å²) in [5.74, 6) is 0.775. The third kappa shape index (κ3) is 4.19. The van der Waals surface area contributed by atoms with E-state index in [1.54, 1.807) is 13.4 Å². The number of nitrogens with one attached hydrogen (secondary N) is 2. The largest absolute Gasteiger partial charge is 0.496 e. The van der Waals surface area contributed by atoms with E-state index in [9.17, 15) is 0 Å². The second-order valence-electron chi connectivity index (χ2n) is 5.99. The summed E-state index contributed by atoms with van der Waals surface area (Å²) < 4.78 is 8.37. The molecule has 2 N–H and O–H groups in total. The molecule has 3 aromatic rings. The van der Waals surface area contributed by atoms with Gasteiger partial charge in [0.05, 0.1) is 18.3 Å². The van der Waals surface area contributed by atoms with Gasteiger partial charge in [-0.3, -0.25) is 5.41 Å². The molecule has 1 aromatic carbocycles. The van der Waals surface area contributed by atoms with Crippen molar-refractivity contribution in [3.8, 4) is 5.75 Å². The van der Waals surface area contributed by atoms with Crippen LogP contribution in [0.4, 0.5) is 0 Å². The molecule has 8 heteroatoms. The Balaban J connectivity index is 1.93. The van der Waals surface area contributed by atoms with Crippen LogP contribution in [0, 0.1) is 5.41 Å². The van der Waals surface area contributed by atoms with Crippen LogP contribution in [0.25, 0.3) is 11.2 Å². The highest BCUT2D eigenvalue weighted by Crippen LogP contribution is 2.35. The van der Waals surface area contributed by atoms with Crippen LogP contribution in [0.2, 0.25) is 0 Å². The van der Waals surface area contributed by atoms with Gasteiger partial charge in [-0.25, -0.2) is 9.97 Å². The highest BCUT2D eigenvalue weighted by atomic mass is 79.9. The molecule has 0 saturated heterocycles. The number of rotatable bonds is 7. The summed E-state index contributed by atoms with van der Waals surface area (Å²) >= 11 is 4.95. The number of hydrogen-bond acceptors (Lipinski definition) is 5. The Morgan fingerprint density at radius 2 is 2.27 bits per heavy atom. The second kappa shape index (κ2) is 8.09. The van der Waals surface area contributed by atoms with E-state index in [1.165, 1.54) is 11.8 Å². The molecule has 2 aromatic heterocycles. The number of halogens is 1. The maximum atomic E-state index is 8.06. The van der Waals surface area contributed by atoms with E-state index in [1.807, 2.05) is 29.7 Å². The Hall–Kier alpha value is -2.06. The minimum Gasteiger partial charge on any atom is -0.496 e. The van der Waals surface area contributed by atoms with Crippen LogP contribution in [0.3, 0.4) is 0 Å². The topological polar surface area (TPSA) is 79.6 Å². The highest BCUT2D eigenvalue weighted by Gasteiger charge is 2.13. The number of imidazole rings is 1. The number of ether oxygens (including phenoxy) is 1. The summed E-state index contributed by atoms with van der Waals surface area (Å²) in [6, 6.07) is 5.82. The van der Waals surface area contributed by atoms with Crippen LogP contribution in [-0.4, -0.2) is 26.6 Å². The van der Waals surface area contributed by atoms with Crippen molar-refractivity contribution in [2.75, 3.05) is 7.11 Å². The van der Waals surface area contributed by atoms with Gasteiger partial charge in [0.25, 0.3) is 0 Å². The summed E-state index contributed by atoms with van der Waals surface area (Å²) in [4.78, 5) is 13.0. The van der Waals surface area contributed by atoms with Crippen LogP contribution in [0.1, 0.15) is 19.8 Å². The molecule has 0 fully saturated rings. The van der Waals surface area contributed by atoms with Gasteiger partial charge in [0.2, 0.25) is 0 Å². The summed E-state index contributed by atoms with van der Waals surface area (Å²) in [7, 11) is 1.65. The maximum absolute atomic E-state index is 8.06. The molecule has 0 unspecified atom stereocenters. The van der Waals surface area contributed by atoms with E-state index in [2.05, 4.69) is 37.5 Å². The fraction of sp³-hybridized carbons (Fsp3) is 0.278. The first kappa shape index (κ1) is 18.7. The zero-order valence-corrected chi connectivity index (χ0v) is 17.1. The third-order valence-corrected chi connectivity index (χ3v) is 5.25. The fourth-order valence-electron chi connectivity index (χ4n) is 2.56. The van der Waals surface area contributed by atoms with E-state index in [0.717, 1.165) is 45.7 Å². The normalized spacial score (nSPS) is 11.0. The first-order valence-electron chi connectivity index (χ1n) is 8.13. The SMILES string of the molecule is C=C(C)CCCn1cnc(=N)c2[nH]c(Sc3cc(Br)ccc3OC)nc21. The highest BCUT2D eigenvalue weighted by molar-refractivity contribution is 9.10. The predicted octanol–water partition coefficient (Wildman–Crippen LogP) is 4.52. The van der Waals surface area contributed by atoms with Crippen LogP contribution < -0.4 is 10.2 Å². The smallest absolute Gasteiger partial charge is 0.173 e. The number of H-pyrrole nitrogens is 1. The summed E-state index contributed by atoms with van der Waals surface area (Å²) in [5, 5.41) is 8.76. The van der Waals surface area contributed by atoms with Crippen LogP contribution in [0.15, 0.2) is 51.2 Å². The van der Waals surface area contributed by atoms with Crippen LogP contribution in [0.5, 0.6) is 5.75 Å². The molecule has 136 valence electrons. The van der Waals surface area contributed by atoms with Gasteiger partial charge in [0, 0.05) is 11.0 Å². The minimum atomic E-state index is 0.191. The lowest BCUT2D eigenvalue weighted by Crippen LogP contribution is -2.12. The number of aromatic amines is 1. The van der Waals surface area contributed by atoms with E-state index in [-0.39, 0.29) is 5.49 Å². The number of hydrogen-bond donors (Lipinski definition) is 2. The molecular weight excluding hydrogens is 414 g/mol. The Morgan fingerprint density at radius 1 is 1.46 bits per heavy atom. The molecular formula is C18H20BrN5OS. The quantitative estimate of drug-likeness (QED) is 0.536. The van der Waals surface area contributed by atoms with Crippen molar-refractivity contribution in [2.24, 2.45) is 0 Å². The van der Waals surface area contributed by atoms with Crippen molar-refractivity contribution in [3.63, 3.8) is 0 Å². The standard InChI is InChI=1S/C18H20BrN5OS/c1-11(2)5-4-8-24-10-21-16(20)15-17(24)23-18(22-15)26-14-9-12(19)6-7-13(14)25-3/h6-7,9-10,20H,1,4-5,8H2,2-3H3,(H,22,23).